The van der Waals surface area contributed by atoms with Gasteiger partial charge in [0.25, 0.3) is 0 Å². The van der Waals surface area contributed by atoms with Gasteiger partial charge in [0.05, 0.1) is 0 Å². The third-order valence-electron chi connectivity index (χ3n) is 2.25. The van der Waals surface area contributed by atoms with Gasteiger partial charge >= 0.3 is 0 Å². The van der Waals surface area contributed by atoms with E-state index >= 15 is 0 Å². The van der Waals surface area contributed by atoms with Crippen molar-refractivity contribution in [1.82, 2.24) is 0 Å². The Balaban J connectivity index is 3.51. The lowest BCUT2D eigenvalue weighted by atomic mass is 9.92. The summed E-state index contributed by atoms with van der Waals surface area (Å²) < 4.78 is 0. The molecule has 0 amide bonds. The summed E-state index contributed by atoms with van der Waals surface area (Å²) in [5, 5.41) is 0. The molecule has 0 aromatic carbocycles. The van der Waals surface area contributed by atoms with Gasteiger partial charge in [-0.05, 0) is 30.3 Å². The predicted molar refractivity (Wildman–Crippen MR) is 56.2 cm³/mol. The molecular formula is C10H22S. The molecule has 0 saturated heterocycles. The summed E-state index contributed by atoms with van der Waals surface area (Å²) in [6.45, 7) is 6.96. The molecule has 68 valence electrons. The summed E-state index contributed by atoms with van der Waals surface area (Å²) in [5.74, 6) is 3.16. The lowest BCUT2D eigenvalue weighted by molar-refractivity contribution is 0.388. The van der Waals surface area contributed by atoms with E-state index in [1.165, 1.54) is 25.0 Å². The molecule has 0 aliphatic carbocycles. The molecule has 0 aliphatic rings. The Labute approximate surface area is 76.1 Å². The summed E-state index contributed by atoms with van der Waals surface area (Å²) in [5.41, 5.74) is 0. The number of hydrogen-bond donors (Lipinski definition) is 0. The summed E-state index contributed by atoms with van der Waals surface area (Å²) in [7, 11) is 0. The number of unbranched alkanes of at least 4 members (excludes halogenated alkanes) is 1. The van der Waals surface area contributed by atoms with Gasteiger partial charge in [-0.3, -0.25) is 0 Å². The fraction of sp³-hybridized carbons (Fsp3) is 1.00. The van der Waals surface area contributed by atoms with Crippen molar-refractivity contribution in [3.63, 3.8) is 0 Å². The fourth-order valence-corrected chi connectivity index (χ4v) is 2.27. The van der Waals surface area contributed by atoms with Crippen molar-refractivity contribution in [3.05, 3.63) is 0 Å². The monoisotopic (exact) mass is 174 g/mol. The number of thioether (sulfide) groups is 1. The van der Waals surface area contributed by atoms with E-state index in [1.54, 1.807) is 0 Å². The molecule has 0 aromatic heterocycles. The number of hydrogen-bond acceptors (Lipinski definition) is 1. The Hall–Kier alpha value is 0.350. The van der Waals surface area contributed by atoms with Crippen LogP contribution < -0.4 is 0 Å². The predicted octanol–water partition coefficient (Wildman–Crippen LogP) is 3.81. The topological polar surface area (TPSA) is 0 Å². The lowest BCUT2D eigenvalue weighted by Gasteiger charge is -2.18. The van der Waals surface area contributed by atoms with Crippen LogP contribution >= 0.6 is 11.8 Å². The van der Waals surface area contributed by atoms with Gasteiger partial charge in [-0.25, -0.2) is 0 Å². The maximum atomic E-state index is 2.34. The molecule has 0 spiro atoms. The SMILES string of the molecule is CCCCC(CSC)C(C)C. The molecule has 0 aliphatic heterocycles. The van der Waals surface area contributed by atoms with Crippen molar-refractivity contribution in [2.24, 2.45) is 11.8 Å². The third kappa shape index (κ3) is 5.60. The highest BCUT2D eigenvalue weighted by Crippen LogP contribution is 2.21. The molecule has 0 heterocycles. The molecule has 1 heteroatoms. The summed E-state index contributed by atoms with van der Waals surface area (Å²) in [6, 6.07) is 0. The second kappa shape index (κ2) is 7.02. The van der Waals surface area contributed by atoms with Crippen molar-refractivity contribution in [2.45, 2.75) is 40.0 Å². The van der Waals surface area contributed by atoms with E-state index in [0.717, 1.165) is 11.8 Å². The van der Waals surface area contributed by atoms with Crippen LogP contribution in [0.3, 0.4) is 0 Å². The molecule has 0 aromatic rings. The van der Waals surface area contributed by atoms with Crippen LogP contribution in [0.4, 0.5) is 0 Å². The Kier molecular flexibility index (Phi) is 7.25. The van der Waals surface area contributed by atoms with Gasteiger partial charge < -0.3 is 0 Å². The van der Waals surface area contributed by atoms with E-state index in [4.69, 9.17) is 0 Å². The quantitative estimate of drug-likeness (QED) is 0.590. The summed E-state index contributed by atoms with van der Waals surface area (Å²) in [6.07, 6.45) is 6.39. The maximum absolute atomic E-state index is 2.34. The highest BCUT2D eigenvalue weighted by Gasteiger charge is 2.11. The van der Waals surface area contributed by atoms with E-state index < -0.39 is 0 Å². The first-order chi connectivity index (χ1) is 5.22. The minimum absolute atomic E-state index is 0.869. The molecular weight excluding hydrogens is 152 g/mol. The highest BCUT2D eigenvalue weighted by atomic mass is 32.2. The molecule has 0 rings (SSSR count). The minimum Gasteiger partial charge on any atom is -0.165 e. The first-order valence-electron chi connectivity index (χ1n) is 4.71. The van der Waals surface area contributed by atoms with Crippen LogP contribution in [0.1, 0.15) is 40.0 Å². The van der Waals surface area contributed by atoms with E-state index in [2.05, 4.69) is 27.0 Å². The second-order valence-electron chi connectivity index (χ2n) is 3.60. The average Bonchev–Trinajstić information content (AvgIpc) is 1.97. The third-order valence-corrected chi connectivity index (χ3v) is 3.01. The first kappa shape index (κ1) is 11.4. The van der Waals surface area contributed by atoms with E-state index in [9.17, 15) is 0 Å². The standard InChI is InChI=1S/C10H22S/c1-5-6-7-10(8-11-4)9(2)3/h9-10H,5-8H2,1-4H3. The molecule has 1 atom stereocenters. The molecule has 0 radical (unpaired) electrons. The molecule has 0 bridgehead atoms. The molecule has 11 heavy (non-hydrogen) atoms. The van der Waals surface area contributed by atoms with Gasteiger partial charge in [0.1, 0.15) is 0 Å². The van der Waals surface area contributed by atoms with Crippen LogP contribution in [-0.4, -0.2) is 12.0 Å². The van der Waals surface area contributed by atoms with Crippen LogP contribution in [0, 0.1) is 11.8 Å². The normalized spacial score (nSPS) is 13.9. The Morgan fingerprint density at radius 1 is 1.27 bits per heavy atom. The Morgan fingerprint density at radius 2 is 1.91 bits per heavy atom. The minimum atomic E-state index is 0.869. The van der Waals surface area contributed by atoms with Gasteiger partial charge in [0.15, 0.2) is 0 Å². The van der Waals surface area contributed by atoms with Crippen molar-refractivity contribution in [2.75, 3.05) is 12.0 Å². The molecule has 0 nitrogen and oxygen atoms in total. The second-order valence-corrected chi connectivity index (χ2v) is 4.51. The first-order valence-corrected chi connectivity index (χ1v) is 6.10. The molecule has 0 fully saturated rings. The van der Waals surface area contributed by atoms with E-state index in [-0.39, 0.29) is 0 Å². The fourth-order valence-electron chi connectivity index (χ4n) is 1.29. The van der Waals surface area contributed by atoms with Crippen LogP contribution in [-0.2, 0) is 0 Å². The van der Waals surface area contributed by atoms with Crippen LogP contribution in [0.5, 0.6) is 0 Å². The van der Waals surface area contributed by atoms with Crippen molar-refractivity contribution in [3.8, 4) is 0 Å². The Bertz CT molecular complexity index is 78.9. The van der Waals surface area contributed by atoms with Crippen molar-refractivity contribution < 1.29 is 0 Å². The Morgan fingerprint density at radius 3 is 2.27 bits per heavy atom. The van der Waals surface area contributed by atoms with Crippen LogP contribution in [0.15, 0.2) is 0 Å². The largest absolute Gasteiger partial charge is 0.165 e. The zero-order chi connectivity index (χ0) is 8.69. The summed E-state index contributed by atoms with van der Waals surface area (Å²) in [4.78, 5) is 0. The molecule has 1 unspecified atom stereocenters. The lowest BCUT2D eigenvalue weighted by Crippen LogP contribution is -2.11. The van der Waals surface area contributed by atoms with Gasteiger partial charge in [0.2, 0.25) is 0 Å². The van der Waals surface area contributed by atoms with Gasteiger partial charge in [-0.15, -0.1) is 0 Å². The van der Waals surface area contributed by atoms with Crippen molar-refractivity contribution in [1.29, 1.82) is 0 Å². The van der Waals surface area contributed by atoms with E-state index in [1.807, 2.05) is 11.8 Å². The highest BCUT2D eigenvalue weighted by molar-refractivity contribution is 7.98. The molecule has 0 N–H and O–H groups in total. The maximum Gasteiger partial charge on any atom is -0.00395 e. The van der Waals surface area contributed by atoms with Crippen LogP contribution in [0.2, 0.25) is 0 Å². The molecule has 0 saturated carbocycles. The zero-order valence-corrected chi connectivity index (χ0v) is 9.21. The van der Waals surface area contributed by atoms with Crippen molar-refractivity contribution >= 4 is 11.8 Å². The van der Waals surface area contributed by atoms with E-state index in [0.29, 0.717) is 0 Å². The smallest absolute Gasteiger partial charge is 0.00395 e. The van der Waals surface area contributed by atoms with Gasteiger partial charge in [0, 0.05) is 0 Å². The average molecular weight is 174 g/mol. The number of rotatable bonds is 6. The van der Waals surface area contributed by atoms with Gasteiger partial charge in [-0.2, -0.15) is 11.8 Å². The van der Waals surface area contributed by atoms with Gasteiger partial charge in [-0.1, -0.05) is 33.6 Å². The summed E-state index contributed by atoms with van der Waals surface area (Å²) >= 11 is 1.99. The van der Waals surface area contributed by atoms with Crippen LogP contribution in [0.25, 0.3) is 0 Å². The zero-order valence-electron chi connectivity index (χ0n) is 8.39.